The summed E-state index contributed by atoms with van der Waals surface area (Å²) in [5.41, 5.74) is 1.78. The van der Waals surface area contributed by atoms with E-state index < -0.39 is 12.0 Å². The number of aromatic carboxylic acids is 1. The van der Waals surface area contributed by atoms with E-state index in [2.05, 4.69) is 16.0 Å². The van der Waals surface area contributed by atoms with Crippen LogP contribution in [-0.4, -0.2) is 35.5 Å². The fraction of sp³-hybridized carbons (Fsp3) is 0.136. The molecular formula is C22H19N3O4. The van der Waals surface area contributed by atoms with Gasteiger partial charge in [-0.05, 0) is 47.5 Å². The van der Waals surface area contributed by atoms with Crippen molar-refractivity contribution in [2.45, 2.75) is 12.5 Å². The zero-order chi connectivity index (χ0) is 20.4. The molecule has 4 N–H and O–H groups in total. The van der Waals surface area contributed by atoms with Crippen molar-refractivity contribution in [2.75, 3.05) is 17.2 Å². The van der Waals surface area contributed by atoms with Crippen molar-refractivity contribution >= 4 is 39.9 Å². The maximum atomic E-state index is 12.4. The molecule has 29 heavy (non-hydrogen) atoms. The third-order valence-corrected chi connectivity index (χ3v) is 4.90. The average Bonchev–Trinajstić information content (AvgIpc) is 2.73. The van der Waals surface area contributed by atoms with Crippen LogP contribution in [0.15, 0.2) is 60.7 Å². The largest absolute Gasteiger partial charge is 0.478 e. The summed E-state index contributed by atoms with van der Waals surface area (Å²) in [7, 11) is 0. The van der Waals surface area contributed by atoms with Gasteiger partial charge < -0.3 is 21.1 Å². The highest BCUT2D eigenvalue weighted by atomic mass is 16.4. The van der Waals surface area contributed by atoms with Gasteiger partial charge in [0.15, 0.2) is 0 Å². The number of fused-ring (bicyclic) bond motifs is 2. The Hall–Kier alpha value is -3.87. The minimum Gasteiger partial charge on any atom is -0.478 e. The van der Waals surface area contributed by atoms with Crippen molar-refractivity contribution < 1.29 is 19.5 Å². The lowest BCUT2D eigenvalue weighted by Crippen LogP contribution is -2.41. The Morgan fingerprint density at radius 2 is 1.69 bits per heavy atom. The number of rotatable bonds is 5. The van der Waals surface area contributed by atoms with Gasteiger partial charge >= 0.3 is 5.97 Å². The second-order valence-electron chi connectivity index (χ2n) is 6.86. The number of amides is 2. The second kappa shape index (κ2) is 7.63. The van der Waals surface area contributed by atoms with Gasteiger partial charge in [0.1, 0.15) is 6.04 Å². The maximum Gasteiger partial charge on any atom is 0.335 e. The number of carbonyl (C=O) groups excluding carboxylic acids is 2. The van der Waals surface area contributed by atoms with Crippen LogP contribution in [0.1, 0.15) is 27.1 Å². The predicted molar refractivity (Wildman–Crippen MR) is 110 cm³/mol. The van der Waals surface area contributed by atoms with Crippen LogP contribution < -0.4 is 16.0 Å². The van der Waals surface area contributed by atoms with Gasteiger partial charge in [-0.15, -0.1) is 0 Å². The summed E-state index contributed by atoms with van der Waals surface area (Å²) < 4.78 is 0. The predicted octanol–water partition coefficient (Wildman–Crippen LogP) is 3.09. The molecule has 1 unspecified atom stereocenters. The summed E-state index contributed by atoms with van der Waals surface area (Å²) in [6.45, 7) is 0.296. The Bertz CT molecular complexity index is 1130. The third kappa shape index (κ3) is 3.89. The van der Waals surface area contributed by atoms with Crippen molar-refractivity contribution in [1.29, 1.82) is 0 Å². The highest BCUT2D eigenvalue weighted by Crippen LogP contribution is 2.28. The molecule has 3 aromatic rings. The molecule has 0 aromatic heterocycles. The molecule has 1 aliphatic heterocycles. The molecule has 2 amide bonds. The van der Waals surface area contributed by atoms with Gasteiger partial charge in [0.05, 0.1) is 16.9 Å². The van der Waals surface area contributed by atoms with Crippen molar-refractivity contribution in [3.63, 3.8) is 0 Å². The third-order valence-electron chi connectivity index (χ3n) is 4.90. The van der Waals surface area contributed by atoms with Gasteiger partial charge in [-0.2, -0.15) is 0 Å². The molecule has 4 rings (SSSR count). The Morgan fingerprint density at radius 1 is 0.931 bits per heavy atom. The maximum absolute atomic E-state index is 12.4. The summed E-state index contributed by atoms with van der Waals surface area (Å²) in [4.78, 5) is 35.8. The molecule has 0 saturated carbocycles. The quantitative estimate of drug-likeness (QED) is 0.536. The molecule has 0 radical (unpaired) electrons. The molecule has 0 fully saturated rings. The molecule has 0 aliphatic carbocycles. The first kappa shape index (κ1) is 18.5. The molecule has 3 aromatic carbocycles. The Kier molecular flexibility index (Phi) is 4.87. The smallest absolute Gasteiger partial charge is 0.335 e. The normalized spacial score (nSPS) is 15.2. The number of carboxylic acid groups (broad SMARTS) is 1. The lowest BCUT2D eigenvalue weighted by Gasteiger charge is -2.27. The highest BCUT2D eigenvalue weighted by molar-refractivity contribution is 6.04. The van der Waals surface area contributed by atoms with Gasteiger partial charge in [0.2, 0.25) is 5.91 Å². The molecule has 7 heteroatoms. The number of hydrogen-bond donors (Lipinski definition) is 4. The number of anilines is 2. The van der Waals surface area contributed by atoms with Crippen LogP contribution in [0.5, 0.6) is 0 Å². The summed E-state index contributed by atoms with van der Waals surface area (Å²) in [6.07, 6.45) is 0.363. The van der Waals surface area contributed by atoms with E-state index in [1.54, 1.807) is 12.1 Å². The van der Waals surface area contributed by atoms with Gasteiger partial charge in [0, 0.05) is 12.1 Å². The van der Waals surface area contributed by atoms with Gasteiger partial charge in [0.25, 0.3) is 5.91 Å². The van der Waals surface area contributed by atoms with Crippen molar-refractivity contribution in [3.05, 3.63) is 71.8 Å². The first-order valence-corrected chi connectivity index (χ1v) is 9.23. The van der Waals surface area contributed by atoms with E-state index in [-0.39, 0.29) is 17.4 Å². The van der Waals surface area contributed by atoms with Crippen molar-refractivity contribution in [2.24, 2.45) is 0 Å². The molecule has 0 bridgehead atoms. The Balaban J connectivity index is 1.38. The van der Waals surface area contributed by atoms with Gasteiger partial charge in [-0.3, -0.25) is 9.59 Å². The second-order valence-corrected chi connectivity index (χ2v) is 6.86. The van der Waals surface area contributed by atoms with E-state index in [0.717, 1.165) is 10.8 Å². The van der Waals surface area contributed by atoms with Crippen LogP contribution in [0.25, 0.3) is 10.8 Å². The summed E-state index contributed by atoms with van der Waals surface area (Å²) in [5, 5.41) is 19.8. The summed E-state index contributed by atoms with van der Waals surface area (Å²) in [5.74, 6) is -1.47. The zero-order valence-electron chi connectivity index (χ0n) is 15.4. The van der Waals surface area contributed by atoms with Crippen LogP contribution in [-0.2, 0) is 4.79 Å². The van der Waals surface area contributed by atoms with Crippen molar-refractivity contribution in [3.8, 4) is 0 Å². The van der Waals surface area contributed by atoms with Crippen LogP contribution in [0.3, 0.4) is 0 Å². The van der Waals surface area contributed by atoms with E-state index in [1.807, 2.05) is 36.4 Å². The fourth-order valence-electron chi connectivity index (χ4n) is 3.34. The number of nitrogens with one attached hydrogen (secondary N) is 3. The van der Waals surface area contributed by atoms with Crippen LogP contribution >= 0.6 is 0 Å². The van der Waals surface area contributed by atoms with Gasteiger partial charge in [-0.1, -0.05) is 30.3 Å². The van der Waals surface area contributed by atoms with Crippen LogP contribution in [0, 0.1) is 0 Å². The van der Waals surface area contributed by atoms with E-state index >= 15 is 0 Å². The van der Waals surface area contributed by atoms with E-state index in [4.69, 9.17) is 5.11 Å². The molecular weight excluding hydrogens is 370 g/mol. The molecule has 0 saturated heterocycles. The minimum absolute atomic E-state index is 0.135. The molecule has 1 heterocycles. The number of carbonyl (C=O) groups is 3. The number of benzene rings is 3. The molecule has 1 aliphatic rings. The van der Waals surface area contributed by atoms with Crippen LogP contribution in [0.2, 0.25) is 0 Å². The van der Waals surface area contributed by atoms with E-state index in [0.29, 0.717) is 29.9 Å². The van der Waals surface area contributed by atoms with Gasteiger partial charge in [-0.25, -0.2) is 4.79 Å². The van der Waals surface area contributed by atoms with E-state index in [1.165, 1.54) is 12.1 Å². The summed E-state index contributed by atoms with van der Waals surface area (Å²) >= 11 is 0. The molecule has 7 nitrogen and oxygen atoms in total. The standard InChI is InChI=1S/C22H19N3O4/c26-20(15-6-5-13-3-1-2-4-14(13)11-15)23-10-9-18-21(27)25-17-8-7-16(22(28)29)12-19(17)24-18/h1-8,11-12,18,24H,9-10H2,(H,23,26)(H,25,27)(H,28,29). The number of carboxylic acids is 1. The lowest BCUT2D eigenvalue weighted by molar-refractivity contribution is -0.117. The Labute approximate surface area is 166 Å². The molecule has 0 spiro atoms. The average molecular weight is 389 g/mol. The lowest BCUT2D eigenvalue weighted by atomic mass is 10.1. The first-order valence-electron chi connectivity index (χ1n) is 9.23. The highest BCUT2D eigenvalue weighted by Gasteiger charge is 2.26. The van der Waals surface area contributed by atoms with E-state index in [9.17, 15) is 14.4 Å². The number of hydrogen-bond acceptors (Lipinski definition) is 4. The molecule has 146 valence electrons. The fourth-order valence-corrected chi connectivity index (χ4v) is 3.34. The zero-order valence-corrected chi connectivity index (χ0v) is 15.4. The van der Waals surface area contributed by atoms with Crippen molar-refractivity contribution in [1.82, 2.24) is 5.32 Å². The first-order chi connectivity index (χ1) is 14.0. The molecule has 1 atom stereocenters. The van der Waals surface area contributed by atoms with Crippen LogP contribution in [0.4, 0.5) is 11.4 Å². The minimum atomic E-state index is -1.04. The SMILES string of the molecule is O=C(O)c1ccc2c(c1)NC(CCNC(=O)c1ccc3ccccc3c1)C(=O)N2. The topological polar surface area (TPSA) is 108 Å². The monoisotopic (exact) mass is 389 g/mol. The Morgan fingerprint density at radius 3 is 2.48 bits per heavy atom. The summed E-state index contributed by atoms with van der Waals surface area (Å²) in [6, 6.07) is 17.2.